The second-order valence-electron chi connectivity index (χ2n) is 13.3. The molecule has 0 spiro atoms. The van der Waals surface area contributed by atoms with E-state index in [0.717, 1.165) is 37.3 Å². The molecule has 0 bridgehead atoms. The Morgan fingerprint density at radius 3 is 2.32 bits per heavy atom. The van der Waals surface area contributed by atoms with Crippen LogP contribution in [0.25, 0.3) is 11.0 Å². The summed E-state index contributed by atoms with van der Waals surface area (Å²) in [6, 6.07) is 14.1. The summed E-state index contributed by atoms with van der Waals surface area (Å²) in [4.78, 5) is 55.8. The maximum absolute atomic E-state index is 14.1. The van der Waals surface area contributed by atoms with E-state index < -0.39 is 17.4 Å². The number of nitrogens with zero attached hydrogens (tertiary/aromatic N) is 1. The highest BCUT2D eigenvalue weighted by molar-refractivity contribution is 6.30. The number of piperidine rings is 1. The van der Waals surface area contributed by atoms with E-state index in [1.807, 2.05) is 32.9 Å². The molecule has 0 unspecified atom stereocenters. The van der Waals surface area contributed by atoms with E-state index >= 15 is 0 Å². The van der Waals surface area contributed by atoms with Crippen molar-refractivity contribution in [2.45, 2.75) is 83.7 Å². The summed E-state index contributed by atoms with van der Waals surface area (Å²) in [6.45, 7) is 6.84. The maximum atomic E-state index is 14.1. The fourth-order valence-corrected chi connectivity index (χ4v) is 6.91. The molecule has 1 atom stereocenters. The summed E-state index contributed by atoms with van der Waals surface area (Å²) >= 11 is 6.10. The number of fused-ring (bicyclic) bond motifs is 1. The van der Waals surface area contributed by atoms with Crippen LogP contribution in [0.3, 0.4) is 0 Å². The van der Waals surface area contributed by atoms with Crippen LogP contribution < -0.4 is 16.1 Å². The van der Waals surface area contributed by atoms with Crippen LogP contribution in [0.4, 0.5) is 0 Å². The quantitative estimate of drug-likeness (QED) is 0.343. The number of carbonyl (C=O) groups is 3. The Balaban J connectivity index is 1.37. The minimum atomic E-state index is -0.911. The summed E-state index contributed by atoms with van der Waals surface area (Å²) in [7, 11) is 0. The van der Waals surface area contributed by atoms with Crippen LogP contribution in [-0.4, -0.2) is 47.3 Å². The van der Waals surface area contributed by atoms with Gasteiger partial charge in [0, 0.05) is 36.1 Å². The fourth-order valence-electron chi connectivity index (χ4n) is 6.79. The van der Waals surface area contributed by atoms with Crippen molar-refractivity contribution in [3.8, 4) is 0 Å². The number of carbonyl (C=O) groups excluding carboxylic acids is 3. The Morgan fingerprint density at radius 1 is 1.00 bits per heavy atom. The lowest BCUT2D eigenvalue weighted by molar-refractivity contribution is -0.147. The molecular formula is C35H42ClN3O5. The van der Waals surface area contributed by atoms with Gasteiger partial charge in [0.25, 0.3) is 5.91 Å². The van der Waals surface area contributed by atoms with Gasteiger partial charge in [-0.3, -0.25) is 19.2 Å². The van der Waals surface area contributed by atoms with Crippen LogP contribution in [-0.2, 0) is 16.0 Å². The highest BCUT2D eigenvalue weighted by Gasteiger charge is 2.49. The normalized spacial score (nSPS) is 18.0. The number of hydrogen-bond acceptors (Lipinski definition) is 5. The van der Waals surface area contributed by atoms with Crippen LogP contribution in [0.15, 0.2) is 63.8 Å². The van der Waals surface area contributed by atoms with Gasteiger partial charge in [-0.1, -0.05) is 55.1 Å². The van der Waals surface area contributed by atoms with E-state index in [0.29, 0.717) is 41.9 Å². The number of nitrogens with one attached hydrogen (secondary N) is 2. The SMILES string of the molecule is CC(C)(C)NC(=O)C1(C2CCCCC2)CCN(C(=O)[C@@H](Cc2ccc(Cl)cc2)NC(=O)c2cc(=O)c3ccccc3o2)CC1. The molecule has 1 saturated heterocycles. The molecule has 2 fully saturated rings. The third-order valence-electron chi connectivity index (χ3n) is 9.11. The topological polar surface area (TPSA) is 109 Å². The van der Waals surface area contributed by atoms with Crippen molar-refractivity contribution in [1.29, 1.82) is 0 Å². The van der Waals surface area contributed by atoms with Gasteiger partial charge in [-0.15, -0.1) is 0 Å². The van der Waals surface area contributed by atoms with E-state index in [2.05, 4.69) is 10.6 Å². The first-order chi connectivity index (χ1) is 20.9. The molecule has 2 N–H and O–H groups in total. The molecular weight excluding hydrogens is 578 g/mol. The molecule has 1 aliphatic carbocycles. The van der Waals surface area contributed by atoms with Crippen molar-refractivity contribution in [2.24, 2.45) is 11.3 Å². The molecule has 9 heteroatoms. The smallest absolute Gasteiger partial charge is 0.287 e. The number of hydrogen-bond donors (Lipinski definition) is 2. The van der Waals surface area contributed by atoms with Gasteiger partial charge < -0.3 is 20.0 Å². The number of halogens is 1. The zero-order chi connectivity index (χ0) is 31.5. The van der Waals surface area contributed by atoms with Gasteiger partial charge in [-0.05, 0) is 82.2 Å². The predicted octanol–water partition coefficient (Wildman–Crippen LogP) is 5.89. The molecule has 44 heavy (non-hydrogen) atoms. The monoisotopic (exact) mass is 619 g/mol. The maximum Gasteiger partial charge on any atom is 0.287 e. The second kappa shape index (κ2) is 13.1. The Bertz CT molecular complexity index is 1560. The molecule has 2 aromatic carbocycles. The fraction of sp³-hybridized carbons (Fsp3) is 0.486. The number of rotatable bonds is 7. The Labute approximate surface area is 263 Å². The first kappa shape index (κ1) is 31.8. The van der Waals surface area contributed by atoms with E-state index in [1.165, 1.54) is 6.42 Å². The second-order valence-corrected chi connectivity index (χ2v) is 13.8. The summed E-state index contributed by atoms with van der Waals surface area (Å²) in [6.07, 6.45) is 6.88. The van der Waals surface area contributed by atoms with Gasteiger partial charge in [0.15, 0.2) is 11.2 Å². The lowest BCUT2D eigenvalue weighted by atomic mass is 9.63. The molecule has 5 rings (SSSR count). The van der Waals surface area contributed by atoms with E-state index in [-0.39, 0.29) is 40.9 Å². The minimum Gasteiger partial charge on any atom is -0.451 e. The van der Waals surface area contributed by atoms with Crippen LogP contribution in [0, 0.1) is 11.3 Å². The zero-order valence-corrected chi connectivity index (χ0v) is 26.5. The van der Waals surface area contributed by atoms with E-state index in [1.54, 1.807) is 41.3 Å². The molecule has 3 amide bonds. The van der Waals surface area contributed by atoms with Crippen LogP contribution >= 0.6 is 11.6 Å². The molecule has 3 aromatic rings. The Kier molecular flexibility index (Phi) is 9.49. The lowest BCUT2D eigenvalue weighted by Crippen LogP contribution is -2.59. The number of para-hydroxylation sites is 1. The highest BCUT2D eigenvalue weighted by atomic mass is 35.5. The van der Waals surface area contributed by atoms with Crippen molar-refractivity contribution >= 4 is 40.3 Å². The minimum absolute atomic E-state index is 0.0846. The molecule has 1 aliphatic heterocycles. The third kappa shape index (κ3) is 7.17. The van der Waals surface area contributed by atoms with E-state index in [4.69, 9.17) is 16.0 Å². The summed E-state index contributed by atoms with van der Waals surface area (Å²) in [5.74, 6) is -0.655. The zero-order valence-electron chi connectivity index (χ0n) is 25.8. The lowest BCUT2D eigenvalue weighted by Gasteiger charge is -2.48. The van der Waals surface area contributed by atoms with Gasteiger partial charge in [-0.2, -0.15) is 0 Å². The number of amides is 3. The van der Waals surface area contributed by atoms with Crippen LogP contribution in [0.5, 0.6) is 0 Å². The highest BCUT2D eigenvalue weighted by Crippen LogP contribution is 2.46. The average Bonchev–Trinajstić information content (AvgIpc) is 3.01. The van der Waals surface area contributed by atoms with Gasteiger partial charge in [0.05, 0.1) is 10.8 Å². The largest absolute Gasteiger partial charge is 0.451 e. The molecule has 234 valence electrons. The van der Waals surface area contributed by atoms with Crippen molar-refractivity contribution in [1.82, 2.24) is 15.5 Å². The number of benzene rings is 2. The molecule has 1 aromatic heterocycles. The summed E-state index contributed by atoms with van der Waals surface area (Å²) in [5, 5.41) is 7.04. The average molecular weight is 620 g/mol. The van der Waals surface area contributed by atoms with Crippen LogP contribution in [0.1, 0.15) is 81.8 Å². The first-order valence-electron chi connectivity index (χ1n) is 15.6. The van der Waals surface area contributed by atoms with Gasteiger partial charge in [0.2, 0.25) is 11.8 Å². The summed E-state index contributed by atoms with van der Waals surface area (Å²) < 4.78 is 5.76. The molecule has 0 radical (unpaired) electrons. The van der Waals surface area contributed by atoms with Gasteiger partial charge in [-0.25, -0.2) is 0 Å². The standard InChI is InChI=1S/C35H42ClN3O5/c1-34(2,3)38-33(43)35(24-9-5-4-6-10-24)17-19-39(20-18-35)32(42)27(21-23-13-15-25(36)16-14-23)37-31(41)30-22-28(40)26-11-7-8-12-29(26)44-30/h7-8,11-16,22,24,27H,4-6,9-10,17-21H2,1-3H3,(H,37,41)(H,38,43)/t27-/m1/s1. The third-order valence-corrected chi connectivity index (χ3v) is 9.36. The summed E-state index contributed by atoms with van der Waals surface area (Å²) in [5.41, 5.74) is -0.0765. The molecule has 1 saturated carbocycles. The van der Waals surface area contributed by atoms with E-state index in [9.17, 15) is 19.2 Å². The molecule has 8 nitrogen and oxygen atoms in total. The Hall–Kier alpha value is -3.65. The number of likely N-dealkylation sites (tertiary alicyclic amines) is 1. The molecule has 2 aliphatic rings. The molecule has 2 heterocycles. The van der Waals surface area contributed by atoms with Crippen molar-refractivity contribution < 1.29 is 18.8 Å². The van der Waals surface area contributed by atoms with Crippen molar-refractivity contribution in [3.63, 3.8) is 0 Å². The predicted molar refractivity (Wildman–Crippen MR) is 172 cm³/mol. The van der Waals surface area contributed by atoms with Crippen molar-refractivity contribution in [3.05, 3.63) is 81.2 Å². The Morgan fingerprint density at radius 2 is 1.66 bits per heavy atom. The van der Waals surface area contributed by atoms with Crippen LogP contribution in [0.2, 0.25) is 5.02 Å². The van der Waals surface area contributed by atoms with Crippen molar-refractivity contribution in [2.75, 3.05) is 13.1 Å². The van der Waals surface area contributed by atoms with Gasteiger partial charge in [0.1, 0.15) is 11.6 Å². The van der Waals surface area contributed by atoms with Gasteiger partial charge >= 0.3 is 0 Å². The first-order valence-corrected chi connectivity index (χ1v) is 16.0.